The van der Waals surface area contributed by atoms with Crippen LogP contribution in [0.1, 0.15) is 18.4 Å². The van der Waals surface area contributed by atoms with E-state index in [-0.39, 0.29) is 6.10 Å². The Morgan fingerprint density at radius 3 is 3.00 bits per heavy atom. The van der Waals surface area contributed by atoms with Crippen LogP contribution in [0.2, 0.25) is 0 Å². The van der Waals surface area contributed by atoms with Crippen LogP contribution >= 0.6 is 0 Å². The summed E-state index contributed by atoms with van der Waals surface area (Å²) in [6.45, 7) is 0. The normalized spacial score (nSPS) is 14.4. The second kappa shape index (κ2) is 4.15. The zero-order valence-corrected chi connectivity index (χ0v) is 8.36. The van der Waals surface area contributed by atoms with Crippen molar-refractivity contribution in [2.45, 2.75) is 18.9 Å². The molecule has 5 heteroatoms. The van der Waals surface area contributed by atoms with Gasteiger partial charge in [0, 0.05) is 0 Å². The SMILES string of the molecule is CONc1cnc(OC2CC2)c(C#N)c1. The lowest BCUT2D eigenvalue weighted by Gasteiger charge is -2.07. The highest BCUT2D eigenvalue weighted by Crippen LogP contribution is 2.28. The summed E-state index contributed by atoms with van der Waals surface area (Å²) in [5, 5.41) is 8.91. The van der Waals surface area contributed by atoms with Gasteiger partial charge in [-0.1, -0.05) is 0 Å². The number of rotatable bonds is 4. The third kappa shape index (κ3) is 2.36. The summed E-state index contributed by atoms with van der Waals surface area (Å²) in [4.78, 5) is 8.78. The van der Waals surface area contributed by atoms with Crippen LogP contribution in [0, 0.1) is 11.3 Å². The van der Waals surface area contributed by atoms with Crippen molar-refractivity contribution < 1.29 is 9.57 Å². The molecule has 0 bridgehead atoms. The molecule has 78 valence electrons. The Hall–Kier alpha value is -1.80. The van der Waals surface area contributed by atoms with E-state index in [1.807, 2.05) is 6.07 Å². The van der Waals surface area contributed by atoms with Gasteiger partial charge in [-0.15, -0.1) is 0 Å². The van der Waals surface area contributed by atoms with Gasteiger partial charge in [-0.2, -0.15) is 5.26 Å². The van der Waals surface area contributed by atoms with Gasteiger partial charge in [-0.3, -0.25) is 10.3 Å². The van der Waals surface area contributed by atoms with Crippen molar-refractivity contribution >= 4 is 5.69 Å². The number of anilines is 1. The number of hydrogen-bond acceptors (Lipinski definition) is 5. The second-order valence-electron chi connectivity index (χ2n) is 3.31. The second-order valence-corrected chi connectivity index (χ2v) is 3.31. The molecule has 0 amide bonds. The predicted octanol–water partition coefficient (Wildman–Crippen LogP) is 1.47. The molecule has 0 unspecified atom stereocenters. The topological polar surface area (TPSA) is 67.2 Å². The molecule has 1 aliphatic rings. The maximum Gasteiger partial charge on any atom is 0.232 e. The molecule has 0 atom stereocenters. The average Bonchev–Trinajstić information content (AvgIpc) is 3.04. The van der Waals surface area contributed by atoms with E-state index in [0.29, 0.717) is 17.1 Å². The first-order valence-electron chi connectivity index (χ1n) is 4.69. The van der Waals surface area contributed by atoms with E-state index in [2.05, 4.69) is 10.5 Å². The van der Waals surface area contributed by atoms with Crippen molar-refractivity contribution in [3.63, 3.8) is 0 Å². The minimum atomic E-state index is 0.242. The quantitative estimate of drug-likeness (QED) is 0.754. The van der Waals surface area contributed by atoms with Crippen LogP contribution in [0.25, 0.3) is 0 Å². The number of nitrogens with zero attached hydrogens (tertiary/aromatic N) is 2. The summed E-state index contributed by atoms with van der Waals surface area (Å²) in [5.41, 5.74) is 3.67. The lowest BCUT2D eigenvalue weighted by atomic mass is 10.3. The first-order valence-corrected chi connectivity index (χ1v) is 4.69. The third-order valence-corrected chi connectivity index (χ3v) is 1.99. The van der Waals surface area contributed by atoms with Gasteiger partial charge < -0.3 is 4.74 Å². The molecule has 0 aliphatic heterocycles. The number of hydrogen-bond donors (Lipinski definition) is 1. The molecule has 15 heavy (non-hydrogen) atoms. The van der Waals surface area contributed by atoms with Crippen molar-refractivity contribution in [1.82, 2.24) is 4.98 Å². The van der Waals surface area contributed by atoms with Gasteiger partial charge >= 0.3 is 0 Å². The Bertz CT molecular complexity index is 396. The number of nitrogens with one attached hydrogen (secondary N) is 1. The fourth-order valence-corrected chi connectivity index (χ4v) is 1.14. The number of aromatic nitrogens is 1. The monoisotopic (exact) mass is 205 g/mol. The molecule has 1 fully saturated rings. The van der Waals surface area contributed by atoms with E-state index in [9.17, 15) is 0 Å². The standard InChI is InChI=1S/C10H11N3O2/c1-14-13-8-4-7(5-11)10(12-6-8)15-9-2-3-9/h4,6,9,13H,2-3H2,1H3. The van der Waals surface area contributed by atoms with Gasteiger partial charge in [0.05, 0.1) is 19.0 Å². The summed E-state index contributed by atoms with van der Waals surface area (Å²) >= 11 is 0. The largest absolute Gasteiger partial charge is 0.473 e. The first-order chi connectivity index (χ1) is 7.33. The van der Waals surface area contributed by atoms with E-state index in [4.69, 9.17) is 14.8 Å². The van der Waals surface area contributed by atoms with Crippen molar-refractivity contribution in [2.24, 2.45) is 0 Å². The molecule has 1 N–H and O–H groups in total. The van der Waals surface area contributed by atoms with E-state index in [1.54, 1.807) is 12.3 Å². The smallest absolute Gasteiger partial charge is 0.232 e. The lowest BCUT2D eigenvalue weighted by Crippen LogP contribution is -2.02. The fourth-order valence-electron chi connectivity index (χ4n) is 1.14. The molecular weight excluding hydrogens is 194 g/mol. The molecule has 0 radical (unpaired) electrons. The van der Waals surface area contributed by atoms with Crippen LogP contribution in [0.15, 0.2) is 12.3 Å². The summed E-state index contributed by atoms with van der Waals surface area (Å²) in [5.74, 6) is 0.404. The summed E-state index contributed by atoms with van der Waals surface area (Å²) in [6, 6.07) is 3.69. The van der Waals surface area contributed by atoms with Crippen LogP contribution in [-0.2, 0) is 4.84 Å². The van der Waals surface area contributed by atoms with Gasteiger partial charge in [0.25, 0.3) is 0 Å². The molecule has 1 aromatic heterocycles. The number of ether oxygens (including phenoxy) is 1. The van der Waals surface area contributed by atoms with E-state index < -0.39 is 0 Å². The lowest BCUT2D eigenvalue weighted by molar-refractivity contribution is 0.270. The Morgan fingerprint density at radius 2 is 2.40 bits per heavy atom. The molecule has 1 saturated carbocycles. The van der Waals surface area contributed by atoms with Crippen LogP contribution in [0.3, 0.4) is 0 Å². The van der Waals surface area contributed by atoms with Gasteiger partial charge in [-0.25, -0.2) is 4.98 Å². The van der Waals surface area contributed by atoms with Crippen molar-refractivity contribution in [2.75, 3.05) is 12.6 Å². The molecule has 2 rings (SSSR count). The molecule has 0 saturated heterocycles. The van der Waals surface area contributed by atoms with Gasteiger partial charge in [0.15, 0.2) is 0 Å². The average molecular weight is 205 g/mol. The molecule has 0 spiro atoms. The van der Waals surface area contributed by atoms with Crippen LogP contribution in [-0.4, -0.2) is 18.2 Å². The zero-order chi connectivity index (χ0) is 10.7. The molecule has 1 aromatic rings. The predicted molar refractivity (Wildman–Crippen MR) is 53.2 cm³/mol. The molecule has 1 aliphatic carbocycles. The summed E-state index contributed by atoms with van der Waals surface area (Å²) in [6.07, 6.45) is 3.91. The van der Waals surface area contributed by atoms with Gasteiger partial charge in [-0.05, 0) is 18.9 Å². The van der Waals surface area contributed by atoms with Crippen LogP contribution in [0.5, 0.6) is 5.88 Å². The van der Waals surface area contributed by atoms with Crippen molar-refractivity contribution in [3.8, 4) is 11.9 Å². The molecule has 1 heterocycles. The van der Waals surface area contributed by atoms with Crippen molar-refractivity contribution in [3.05, 3.63) is 17.8 Å². The van der Waals surface area contributed by atoms with E-state index in [1.165, 1.54) is 7.11 Å². The highest BCUT2D eigenvalue weighted by Gasteiger charge is 2.25. The first kappa shape index (κ1) is 9.74. The van der Waals surface area contributed by atoms with Gasteiger partial charge in [0.2, 0.25) is 5.88 Å². The Balaban J connectivity index is 2.19. The minimum Gasteiger partial charge on any atom is -0.473 e. The van der Waals surface area contributed by atoms with Gasteiger partial charge in [0.1, 0.15) is 17.7 Å². The highest BCUT2D eigenvalue weighted by molar-refractivity contribution is 5.50. The third-order valence-electron chi connectivity index (χ3n) is 1.99. The summed E-state index contributed by atoms with van der Waals surface area (Å²) in [7, 11) is 1.50. The van der Waals surface area contributed by atoms with E-state index in [0.717, 1.165) is 12.8 Å². The van der Waals surface area contributed by atoms with Crippen LogP contribution < -0.4 is 10.2 Å². The summed E-state index contributed by atoms with van der Waals surface area (Å²) < 4.78 is 5.48. The van der Waals surface area contributed by atoms with E-state index >= 15 is 0 Å². The number of nitriles is 1. The Labute approximate surface area is 87.6 Å². The fraction of sp³-hybridized carbons (Fsp3) is 0.400. The Morgan fingerprint density at radius 1 is 1.60 bits per heavy atom. The molecular formula is C10H11N3O2. The van der Waals surface area contributed by atoms with Crippen LogP contribution in [0.4, 0.5) is 5.69 Å². The maximum absolute atomic E-state index is 8.91. The molecule has 0 aromatic carbocycles. The van der Waals surface area contributed by atoms with Crippen molar-refractivity contribution in [1.29, 1.82) is 5.26 Å². The number of pyridine rings is 1. The maximum atomic E-state index is 8.91. The zero-order valence-electron chi connectivity index (χ0n) is 8.36. The molecule has 5 nitrogen and oxygen atoms in total. The minimum absolute atomic E-state index is 0.242. The highest BCUT2D eigenvalue weighted by atomic mass is 16.6. The Kier molecular flexibility index (Phi) is 2.70.